The molecule has 0 aromatic heterocycles. The molecule has 10 heteroatoms. The molecule has 2 amide bonds. The van der Waals surface area contributed by atoms with Crippen LogP contribution in [0, 0.1) is 0 Å². The van der Waals surface area contributed by atoms with Crippen molar-refractivity contribution in [2.75, 3.05) is 40.8 Å². The number of amides is 2. The Labute approximate surface area is 285 Å². The fourth-order valence-corrected chi connectivity index (χ4v) is 5.56. The summed E-state index contributed by atoms with van der Waals surface area (Å²) in [6, 6.07) is 5.44. The Kier molecular flexibility index (Phi) is 23.0. The molecule has 2 aliphatic rings. The Hall–Kier alpha value is -2.75. The van der Waals surface area contributed by atoms with Crippen molar-refractivity contribution in [1.29, 1.82) is 0 Å². The van der Waals surface area contributed by atoms with Gasteiger partial charge in [0, 0.05) is 53.5 Å². The Morgan fingerprint density at radius 2 is 1.73 bits per heavy atom. The summed E-state index contributed by atoms with van der Waals surface area (Å²) in [6.45, 7) is 16.5. The van der Waals surface area contributed by atoms with Gasteiger partial charge in [-0.05, 0) is 100 Å². The fraction of sp³-hybridized carbons (Fsp3) is 0.429. The van der Waals surface area contributed by atoms with Crippen molar-refractivity contribution in [2.45, 2.75) is 59.6 Å². The predicted molar refractivity (Wildman–Crippen MR) is 195 cm³/mol. The maximum atomic E-state index is 12.6. The van der Waals surface area contributed by atoms with Crippen molar-refractivity contribution in [1.82, 2.24) is 20.9 Å². The van der Waals surface area contributed by atoms with E-state index in [1.165, 1.54) is 25.9 Å². The number of allylic oxidation sites excluding steroid dienone is 6. The Balaban J connectivity index is 0.00000150. The number of thioether (sulfide) groups is 1. The Morgan fingerprint density at radius 1 is 1.16 bits per heavy atom. The molecule has 250 valence electrons. The number of nitrogens with zero attached hydrogens (tertiary/aromatic N) is 1. The fourth-order valence-electron chi connectivity index (χ4n) is 4.11. The molecule has 0 spiro atoms. The van der Waals surface area contributed by atoms with Gasteiger partial charge in [-0.3, -0.25) is 9.59 Å². The summed E-state index contributed by atoms with van der Waals surface area (Å²) in [5, 5.41) is 19.4. The SMILES string of the molecule is C=C1/C(=C/C(NC)=C(C)/C(=C/C)CC(=O)NC)C(=O)N/C1=C/C=C/SCc1c(Cl)cccc1Cl.CC.CCO.CN1CCCC1. The lowest BCUT2D eigenvalue weighted by Crippen LogP contribution is -2.19. The quantitative estimate of drug-likeness (QED) is 0.159. The van der Waals surface area contributed by atoms with Crippen LogP contribution in [0.25, 0.3) is 0 Å². The highest BCUT2D eigenvalue weighted by Gasteiger charge is 2.25. The van der Waals surface area contributed by atoms with Crippen LogP contribution in [0.1, 0.15) is 59.4 Å². The molecule has 0 bridgehead atoms. The van der Waals surface area contributed by atoms with E-state index in [1.54, 1.807) is 44.9 Å². The van der Waals surface area contributed by atoms with Crippen molar-refractivity contribution in [3.8, 4) is 0 Å². The third-order valence-corrected chi connectivity index (χ3v) is 8.13. The normalized spacial score (nSPS) is 17.1. The first kappa shape index (κ1) is 42.2. The minimum Gasteiger partial charge on any atom is -0.397 e. The maximum Gasteiger partial charge on any atom is 0.256 e. The van der Waals surface area contributed by atoms with Crippen LogP contribution in [-0.4, -0.2) is 62.7 Å². The van der Waals surface area contributed by atoms with E-state index in [9.17, 15) is 9.59 Å². The Morgan fingerprint density at radius 3 is 2.20 bits per heavy atom. The third-order valence-electron chi connectivity index (χ3n) is 6.62. The van der Waals surface area contributed by atoms with E-state index in [0.717, 1.165) is 22.4 Å². The number of carbonyl (C=O) groups excluding carboxylic acids is 2. The molecule has 4 N–H and O–H groups in total. The van der Waals surface area contributed by atoms with E-state index < -0.39 is 0 Å². The second-order valence-electron chi connectivity index (χ2n) is 9.69. The molecule has 3 rings (SSSR count). The third kappa shape index (κ3) is 15.4. The summed E-state index contributed by atoms with van der Waals surface area (Å²) in [4.78, 5) is 26.8. The second kappa shape index (κ2) is 24.5. The lowest BCUT2D eigenvalue weighted by Gasteiger charge is -2.12. The lowest BCUT2D eigenvalue weighted by atomic mass is 9.99. The highest BCUT2D eigenvalue weighted by Crippen LogP contribution is 2.29. The van der Waals surface area contributed by atoms with E-state index in [4.69, 9.17) is 28.3 Å². The van der Waals surface area contributed by atoms with Crippen molar-refractivity contribution < 1.29 is 14.7 Å². The molecule has 2 fully saturated rings. The number of benzene rings is 1. The standard InChI is InChI=1S/C26H29Cl2N3O2S.C5H11N.C2H6O.C2H6/c1-6-18(13-25(32)30-5)16(2)24(29-4)14-19-17(3)23(31-26(19)33)11-8-12-34-15-20-21(27)9-7-10-22(20)28;1-6-4-2-3-5-6;1-2-3;1-2/h6-12,14,29H,3,13,15H2,1-2,4-5H3,(H,30,32)(H,31,33);2-5H2,1H3;3H,2H2,1H3;1-2H3/b12-8+,18-6+,19-14-,23-11+,24-16-;;;. The van der Waals surface area contributed by atoms with Crippen LogP contribution in [-0.2, 0) is 15.3 Å². The van der Waals surface area contributed by atoms with Gasteiger partial charge in [-0.15, -0.1) is 11.8 Å². The number of aliphatic hydroxyl groups is 1. The topological polar surface area (TPSA) is 93.7 Å². The van der Waals surface area contributed by atoms with Crippen LogP contribution < -0.4 is 16.0 Å². The predicted octanol–water partition coefficient (Wildman–Crippen LogP) is 7.55. The number of hydrogen-bond acceptors (Lipinski definition) is 6. The molecule has 0 atom stereocenters. The number of likely N-dealkylation sites (tertiary alicyclic amines) is 1. The van der Waals surface area contributed by atoms with Gasteiger partial charge in [0.15, 0.2) is 0 Å². The average Bonchev–Trinajstić information content (AvgIpc) is 3.62. The molecule has 2 aliphatic heterocycles. The van der Waals surface area contributed by atoms with Gasteiger partial charge in [0.2, 0.25) is 5.91 Å². The maximum absolute atomic E-state index is 12.6. The summed E-state index contributed by atoms with van der Waals surface area (Å²) in [6.07, 6.45) is 10.4. The molecule has 2 saturated heterocycles. The van der Waals surface area contributed by atoms with Crippen molar-refractivity contribution in [3.63, 3.8) is 0 Å². The molecule has 7 nitrogen and oxygen atoms in total. The van der Waals surface area contributed by atoms with Gasteiger partial charge in [-0.1, -0.05) is 61.8 Å². The second-order valence-corrected chi connectivity index (χ2v) is 11.4. The molecule has 0 saturated carbocycles. The molecule has 0 aliphatic carbocycles. The highest BCUT2D eigenvalue weighted by atomic mass is 35.5. The van der Waals surface area contributed by atoms with Crippen LogP contribution >= 0.6 is 35.0 Å². The zero-order valence-electron chi connectivity index (χ0n) is 28.2. The van der Waals surface area contributed by atoms with Crippen LogP contribution in [0.4, 0.5) is 0 Å². The summed E-state index contributed by atoms with van der Waals surface area (Å²) >= 11 is 13.9. The average molecular weight is 680 g/mol. The van der Waals surface area contributed by atoms with E-state index in [-0.39, 0.29) is 24.8 Å². The number of hydrogen-bond donors (Lipinski definition) is 4. The van der Waals surface area contributed by atoms with Gasteiger partial charge in [-0.25, -0.2) is 0 Å². The molecule has 1 aromatic rings. The molecule has 1 aromatic carbocycles. The van der Waals surface area contributed by atoms with E-state index in [2.05, 4.69) is 34.5 Å². The number of aliphatic hydroxyl groups excluding tert-OH is 1. The minimum absolute atomic E-state index is 0.0785. The van der Waals surface area contributed by atoms with Crippen molar-refractivity contribution in [3.05, 3.63) is 104 Å². The molecule has 45 heavy (non-hydrogen) atoms. The minimum atomic E-state index is -0.228. The van der Waals surface area contributed by atoms with Crippen LogP contribution in [0.15, 0.2) is 88.2 Å². The zero-order chi connectivity index (χ0) is 34.4. The largest absolute Gasteiger partial charge is 0.397 e. The van der Waals surface area contributed by atoms with Gasteiger partial charge >= 0.3 is 0 Å². The monoisotopic (exact) mass is 678 g/mol. The van der Waals surface area contributed by atoms with Crippen LogP contribution in [0.3, 0.4) is 0 Å². The Bertz CT molecular complexity index is 1240. The first-order valence-electron chi connectivity index (χ1n) is 15.2. The summed E-state index contributed by atoms with van der Waals surface area (Å²) < 4.78 is 0. The van der Waals surface area contributed by atoms with Gasteiger partial charge in [0.05, 0.1) is 12.0 Å². The first-order valence-corrected chi connectivity index (χ1v) is 17.0. The highest BCUT2D eigenvalue weighted by molar-refractivity contribution is 8.01. The number of rotatable bonds is 9. The number of nitrogens with one attached hydrogen (secondary N) is 3. The van der Waals surface area contributed by atoms with Gasteiger partial charge in [-0.2, -0.15) is 0 Å². The molecule has 2 heterocycles. The van der Waals surface area contributed by atoms with E-state index in [1.807, 2.05) is 63.5 Å². The van der Waals surface area contributed by atoms with Crippen molar-refractivity contribution in [2.24, 2.45) is 0 Å². The first-order chi connectivity index (χ1) is 21.5. The smallest absolute Gasteiger partial charge is 0.256 e. The molecular formula is C35H52Cl2N4O3S. The molecule has 0 unspecified atom stereocenters. The van der Waals surface area contributed by atoms with Crippen LogP contribution in [0.2, 0.25) is 10.0 Å². The van der Waals surface area contributed by atoms with Gasteiger partial charge in [0.1, 0.15) is 0 Å². The van der Waals surface area contributed by atoms with Crippen molar-refractivity contribution >= 4 is 46.8 Å². The lowest BCUT2D eigenvalue weighted by molar-refractivity contribution is -0.120. The molecule has 0 radical (unpaired) electrons. The van der Waals surface area contributed by atoms with Crippen LogP contribution in [0.5, 0.6) is 0 Å². The van der Waals surface area contributed by atoms with E-state index in [0.29, 0.717) is 32.6 Å². The summed E-state index contributed by atoms with van der Waals surface area (Å²) in [7, 11) is 5.56. The van der Waals surface area contributed by atoms with Gasteiger partial charge < -0.3 is 26.0 Å². The molecular weight excluding hydrogens is 627 g/mol. The summed E-state index contributed by atoms with van der Waals surface area (Å²) in [5.74, 6) is 0.328. The van der Waals surface area contributed by atoms with E-state index >= 15 is 0 Å². The number of likely N-dealkylation sites (N-methyl/N-ethyl adjacent to an activating group) is 1. The summed E-state index contributed by atoms with van der Waals surface area (Å²) in [5.41, 5.74) is 5.08. The number of carbonyl (C=O) groups is 2. The zero-order valence-corrected chi connectivity index (χ0v) is 30.5. The number of halogens is 2. The van der Waals surface area contributed by atoms with Gasteiger partial charge in [0.25, 0.3) is 5.91 Å².